The molecule has 22 heavy (non-hydrogen) atoms. The van der Waals surface area contributed by atoms with Gasteiger partial charge in [0.1, 0.15) is 11.9 Å². The lowest BCUT2D eigenvalue weighted by Crippen LogP contribution is -2.43. The number of amides is 2. The monoisotopic (exact) mass is 312 g/mol. The Hall–Kier alpha value is -2.85. The Labute approximate surface area is 128 Å². The third kappa shape index (κ3) is 2.10. The second-order valence-corrected chi connectivity index (χ2v) is 5.52. The Kier molecular flexibility index (Phi) is 3.31. The molecule has 2 amide bonds. The molecule has 1 heterocycles. The lowest BCUT2D eigenvalue weighted by molar-refractivity contribution is -0.137. The van der Waals surface area contributed by atoms with E-state index < -0.39 is 24.3 Å². The molecular formula is C15H8N2O4S. The molecule has 2 aromatic carbocycles. The molecule has 1 N–H and O–H groups in total. The van der Waals surface area contributed by atoms with E-state index in [9.17, 15) is 14.4 Å². The molecule has 0 bridgehead atoms. The van der Waals surface area contributed by atoms with Crippen LogP contribution in [0, 0.1) is 10.7 Å². The first kappa shape index (κ1) is 14.1. The van der Waals surface area contributed by atoms with Crippen molar-refractivity contribution in [3.05, 3.63) is 41.5 Å². The SMILES string of the molecule is N#CSc1cc2c3c(cccc3c1)C(=O)N(CC(=O)O)C2=O. The van der Waals surface area contributed by atoms with Gasteiger partial charge < -0.3 is 5.11 Å². The molecule has 0 saturated carbocycles. The Balaban J connectivity index is 2.28. The first-order chi connectivity index (χ1) is 10.5. The summed E-state index contributed by atoms with van der Waals surface area (Å²) < 4.78 is 0. The average molecular weight is 312 g/mol. The number of carbonyl (C=O) groups is 3. The van der Waals surface area contributed by atoms with Crippen LogP contribution in [0.5, 0.6) is 0 Å². The number of imide groups is 1. The molecule has 7 heteroatoms. The van der Waals surface area contributed by atoms with Crippen LogP contribution < -0.4 is 0 Å². The number of carboxylic acid groups (broad SMARTS) is 1. The molecular weight excluding hydrogens is 304 g/mol. The molecule has 1 aliphatic heterocycles. The van der Waals surface area contributed by atoms with Gasteiger partial charge in [-0.15, -0.1) is 0 Å². The number of carboxylic acids is 1. The number of rotatable bonds is 3. The first-order valence-corrected chi connectivity index (χ1v) is 7.05. The van der Waals surface area contributed by atoms with E-state index in [1.165, 1.54) is 6.07 Å². The molecule has 0 atom stereocenters. The van der Waals surface area contributed by atoms with E-state index in [0.717, 1.165) is 11.8 Å². The summed E-state index contributed by atoms with van der Waals surface area (Å²) >= 11 is 0.901. The van der Waals surface area contributed by atoms with Crippen molar-refractivity contribution in [3.8, 4) is 5.40 Å². The molecule has 0 aromatic heterocycles. The zero-order valence-corrected chi connectivity index (χ0v) is 11.9. The summed E-state index contributed by atoms with van der Waals surface area (Å²) in [6.45, 7) is -0.691. The van der Waals surface area contributed by atoms with Crippen LogP contribution in [0.25, 0.3) is 10.8 Å². The number of benzene rings is 2. The van der Waals surface area contributed by atoms with Crippen LogP contribution in [-0.4, -0.2) is 34.3 Å². The molecule has 6 nitrogen and oxygen atoms in total. The number of nitrogens with zero attached hydrogens (tertiary/aromatic N) is 2. The Morgan fingerprint density at radius 2 is 1.95 bits per heavy atom. The van der Waals surface area contributed by atoms with Crippen LogP contribution in [0.2, 0.25) is 0 Å². The standard InChI is InChI=1S/C15H8N2O4S/c16-7-22-9-4-8-2-1-3-10-13(8)11(5-9)15(21)17(14(10)20)6-12(18)19/h1-5H,6H2,(H,18,19). The van der Waals surface area contributed by atoms with Crippen LogP contribution in [-0.2, 0) is 4.79 Å². The van der Waals surface area contributed by atoms with Crippen LogP contribution in [0.3, 0.4) is 0 Å². The van der Waals surface area contributed by atoms with Gasteiger partial charge in [-0.25, -0.2) is 0 Å². The molecule has 0 spiro atoms. The molecule has 108 valence electrons. The van der Waals surface area contributed by atoms with Crippen molar-refractivity contribution in [3.63, 3.8) is 0 Å². The van der Waals surface area contributed by atoms with E-state index in [1.54, 1.807) is 24.3 Å². The summed E-state index contributed by atoms with van der Waals surface area (Å²) in [4.78, 5) is 37.0. The van der Waals surface area contributed by atoms with Gasteiger partial charge in [0.15, 0.2) is 0 Å². The third-order valence-electron chi connectivity index (χ3n) is 3.36. The quantitative estimate of drug-likeness (QED) is 0.529. The summed E-state index contributed by atoms with van der Waals surface area (Å²) in [6, 6.07) is 8.21. The van der Waals surface area contributed by atoms with Crippen LogP contribution in [0.15, 0.2) is 35.2 Å². The number of aliphatic carboxylic acids is 1. The summed E-state index contributed by atoms with van der Waals surface area (Å²) in [7, 11) is 0. The van der Waals surface area contributed by atoms with Crippen LogP contribution in [0.4, 0.5) is 0 Å². The highest BCUT2D eigenvalue weighted by atomic mass is 32.2. The minimum absolute atomic E-state index is 0.242. The van der Waals surface area contributed by atoms with Gasteiger partial charge in [-0.2, -0.15) is 5.26 Å². The maximum atomic E-state index is 12.5. The van der Waals surface area contributed by atoms with Crippen LogP contribution >= 0.6 is 11.8 Å². The third-order valence-corrected chi connectivity index (χ3v) is 3.92. The Morgan fingerprint density at radius 1 is 1.23 bits per heavy atom. The fourth-order valence-corrected chi connectivity index (χ4v) is 2.99. The second-order valence-electron chi connectivity index (χ2n) is 4.66. The minimum atomic E-state index is -1.26. The van der Waals surface area contributed by atoms with E-state index in [0.29, 0.717) is 26.1 Å². The Bertz CT molecular complexity index is 885. The second kappa shape index (κ2) is 5.16. The van der Waals surface area contributed by atoms with Gasteiger partial charge in [0, 0.05) is 21.4 Å². The zero-order chi connectivity index (χ0) is 15.9. The molecule has 0 unspecified atom stereocenters. The van der Waals surface area contributed by atoms with Gasteiger partial charge in [-0.3, -0.25) is 19.3 Å². The number of thiocyanates is 1. The maximum absolute atomic E-state index is 12.5. The summed E-state index contributed by atoms with van der Waals surface area (Å²) in [5, 5.41) is 20.8. The summed E-state index contributed by atoms with van der Waals surface area (Å²) in [5.74, 6) is -2.54. The molecule has 2 aromatic rings. The number of thioether (sulfide) groups is 1. The molecule has 0 aliphatic carbocycles. The Morgan fingerprint density at radius 3 is 2.64 bits per heavy atom. The fraction of sp³-hybridized carbons (Fsp3) is 0.0667. The normalized spacial score (nSPS) is 13.3. The van der Waals surface area contributed by atoms with Gasteiger partial charge in [-0.05, 0) is 35.3 Å². The minimum Gasteiger partial charge on any atom is -0.480 e. The average Bonchev–Trinajstić information content (AvgIpc) is 2.49. The number of carbonyl (C=O) groups excluding carboxylic acids is 2. The van der Waals surface area contributed by atoms with Gasteiger partial charge in [0.25, 0.3) is 11.8 Å². The van der Waals surface area contributed by atoms with Gasteiger partial charge in [0.05, 0.1) is 0 Å². The van der Waals surface area contributed by atoms with Crippen molar-refractivity contribution in [2.75, 3.05) is 6.54 Å². The summed E-state index contributed by atoms with van der Waals surface area (Å²) in [5.41, 5.74) is 0.536. The summed E-state index contributed by atoms with van der Waals surface area (Å²) in [6.07, 6.45) is 0. The predicted octanol–water partition coefficient (Wildman–Crippen LogP) is 2.09. The van der Waals surface area contributed by atoms with Crippen molar-refractivity contribution in [1.82, 2.24) is 4.90 Å². The van der Waals surface area contributed by atoms with Crippen LogP contribution in [0.1, 0.15) is 20.7 Å². The molecule has 0 radical (unpaired) electrons. The molecule has 0 saturated heterocycles. The van der Waals surface area contributed by atoms with E-state index in [-0.39, 0.29) is 5.56 Å². The first-order valence-electron chi connectivity index (χ1n) is 6.23. The highest BCUT2D eigenvalue weighted by Gasteiger charge is 2.34. The number of hydrogen-bond acceptors (Lipinski definition) is 5. The highest BCUT2D eigenvalue weighted by Crippen LogP contribution is 2.33. The van der Waals surface area contributed by atoms with E-state index in [4.69, 9.17) is 10.4 Å². The van der Waals surface area contributed by atoms with Crippen molar-refractivity contribution >= 4 is 40.3 Å². The smallest absolute Gasteiger partial charge is 0.323 e. The van der Waals surface area contributed by atoms with Crippen molar-refractivity contribution in [2.45, 2.75) is 4.90 Å². The fourth-order valence-electron chi connectivity index (χ4n) is 2.52. The van der Waals surface area contributed by atoms with Crippen molar-refractivity contribution in [2.24, 2.45) is 0 Å². The van der Waals surface area contributed by atoms with Gasteiger partial charge >= 0.3 is 5.97 Å². The lowest BCUT2D eigenvalue weighted by atomic mass is 9.94. The lowest BCUT2D eigenvalue weighted by Gasteiger charge is -2.26. The largest absolute Gasteiger partial charge is 0.480 e. The molecule has 1 aliphatic rings. The zero-order valence-electron chi connectivity index (χ0n) is 11.1. The maximum Gasteiger partial charge on any atom is 0.323 e. The number of hydrogen-bond donors (Lipinski definition) is 1. The molecule has 3 rings (SSSR count). The number of nitriles is 1. The topological polar surface area (TPSA) is 98.5 Å². The molecule has 0 fully saturated rings. The highest BCUT2D eigenvalue weighted by molar-refractivity contribution is 8.03. The van der Waals surface area contributed by atoms with E-state index in [1.807, 2.05) is 5.40 Å². The van der Waals surface area contributed by atoms with E-state index >= 15 is 0 Å². The predicted molar refractivity (Wildman–Crippen MR) is 78.4 cm³/mol. The van der Waals surface area contributed by atoms with Gasteiger partial charge in [0.2, 0.25) is 0 Å². The van der Waals surface area contributed by atoms with E-state index in [2.05, 4.69) is 0 Å². The van der Waals surface area contributed by atoms with Gasteiger partial charge in [-0.1, -0.05) is 12.1 Å². The van der Waals surface area contributed by atoms with Crippen molar-refractivity contribution in [1.29, 1.82) is 5.26 Å². The van der Waals surface area contributed by atoms with Crippen molar-refractivity contribution < 1.29 is 19.5 Å².